The fourth-order valence-electron chi connectivity index (χ4n) is 2.87. The summed E-state index contributed by atoms with van der Waals surface area (Å²) < 4.78 is 20.8. The monoisotopic (exact) mass is 467 g/mol. The number of nitrogens with zero attached hydrogens (tertiary/aromatic N) is 2. The molecule has 3 aromatic carbocycles. The standard InChI is InChI=1S/C22H15BrFN3O3/c23-17-11-14(9-10-20(17)30-13-15-5-1-3-7-18(15)24)12-25-27-21(28)16-6-2-4-8-19(16)26-22(27)29/h1-12H,13H2,(H,26,29). The molecule has 0 radical (unpaired) electrons. The van der Waals surface area contributed by atoms with E-state index < -0.39 is 11.2 Å². The van der Waals surface area contributed by atoms with Crippen LogP contribution in [-0.4, -0.2) is 15.9 Å². The minimum Gasteiger partial charge on any atom is -0.488 e. The Labute approximate surface area is 178 Å². The molecule has 0 amide bonds. The van der Waals surface area contributed by atoms with E-state index in [0.717, 1.165) is 4.68 Å². The molecule has 0 saturated heterocycles. The van der Waals surface area contributed by atoms with E-state index in [1.165, 1.54) is 12.3 Å². The van der Waals surface area contributed by atoms with Gasteiger partial charge < -0.3 is 9.72 Å². The van der Waals surface area contributed by atoms with Gasteiger partial charge in [-0.1, -0.05) is 30.3 Å². The van der Waals surface area contributed by atoms with Gasteiger partial charge in [0.15, 0.2) is 0 Å². The van der Waals surface area contributed by atoms with Crippen molar-refractivity contribution in [3.8, 4) is 5.75 Å². The quantitative estimate of drug-likeness (QED) is 0.449. The van der Waals surface area contributed by atoms with Crippen molar-refractivity contribution in [1.29, 1.82) is 0 Å². The molecule has 4 rings (SSSR count). The van der Waals surface area contributed by atoms with Gasteiger partial charge in [-0.2, -0.15) is 5.10 Å². The van der Waals surface area contributed by atoms with Gasteiger partial charge >= 0.3 is 5.69 Å². The number of aromatic amines is 1. The van der Waals surface area contributed by atoms with Gasteiger partial charge in [-0.3, -0.25) is 4.79 Å². The van der Waals surface area contributed by atoms with Gasteiger partial charge in [-0.25, -0.2) is 9.18 Å². The van der Waals surface area contributed by atoms with Crippen molar-refractivity contribution in [3.05, 3.63) is 109 Å². The van der Waals surface area contributed by atoms with Crippen LogP contribution in [0.25, 0.3) is 10.9 Å². The fourth-order valence-corrected chi connectivity index (χ4v) is 3.38. The third-order valence-corrected chi connectivity index (χ3v) is 5.02. The summed E-state index contributed by atoms with van der Waals surface area (Å²) in [7, 11) is 0. The van der Waals surface area contributed by atoms with Crippen LogP contribution in [0.2, 0.25) is 0 Å². The molecule has 1 heterocycles. The van der Waals surface area contributed by atoms with E-state index in [1.807, 2.05) is 0 Å². The number of nitrogens with one attached hydrogen (secondary N) is 1. The smallest absolute Gasteiger partial charge is 0.349 e. The van der Waals surface area contributed by atoms with E-state index in [4.69, 9.17) is 4.74 Å². The van der Waals surface area contributed by atoms with Gasteiger partial charge in [0.2, 0.25) is 0 Å². The molecule has 150 valence electrons. The van der Waals surface area contributed by atoms with Gasteiger partial charge in [-0.15, -0.1) is 4.68 Å². The van der Waals surface area contributed by atoms with Crippen LogP contribution in [0.3, 0.4) is 0 Å². The largest absolute Gasteiger partial charge is 0.488 e. The predicted molar refractivity (Wildman–Crippen MR) is 117 cm³/mol. The summed E-state index contributed by atoms with van der Waals surface area (Å²) in [6.45, 7) is 0.0839. The van der Waals surface area contributed by atoms with Crippen molar-refractivity contribution in [2.45, 2.75) is 6.61 Å². The third kappa shape index (κ3) is 4.08. The maximum atomic E-state index is 13.7. The minimum absolute atomic E-state index is 0.0839. The Hall–Kier alpha value is -3.52. The summed E-state index contributed by atoms with van der Waals surface area (Å²) in [5, 5.41) is 4.39. The molecular formula is C22H15BrFN3O3. The van der Waals surface area contributed by atoms with Crippen molar-refractivity contribution in [3.63, 3.8) is 0 Å². The molecule has 8 heteroatoms. The van der Waals surface area contributed by atoms with Crippen LogP contribution in [0.4, 0.5) is 4.39 Å². The number of halogens is 2. The van der Waals surface area contributed by atoms with Gasteiger partial charge in [0.25, 0.3) is 5.56 Å². The molecule has 4 aromatic rings. The van der Waals surface area contributed by atoms with E-state index in [-0.39, 0.29) is 12.4 Å². The Morgan fingerprint density at radius 3 is 2.63 bits per heavy atom. The Morgan fingerprint density at radius 1 is 1.07 bits per heavy atom. The lowest BCUT2D eigenvalue weighted by Crippen LogP contribution is -2.32. The molecule has 0 aliphatic carbocycles. The molecule has 0 aliphatic heterocycles. The highest BCUT2D eigenvalue weighted by atomic mass is 79.9. The normalized spacial score (nSPS) is 11.3. The predicted octanol–water partition coefficient (Wildman–Crippen LogP) is 4.05. The second kappa shape index (κ2) is 8.46. The highest BCUT2D eigenvalue weighted by Gasteiger charge is 2.07. The second-order valence-corrected chi connectivity index (χ2v) is 7.26. The van der Waals surface area contributed by atoms with Crippen LogP contribution in [0, 0.1) is 5.82 Å². The first kappa shape index (κ1) is 19.8. The summed E-state index contributed by atoms with van der Waals surface area (Å²) in [4.78, 5) is 27.3. The van der Waals surface area contributed by atoms with Crippen LogP contribution in [-0.2, 0) is 6.61 Å². The van der Waals surface area contributed by atoms with Crippen molar-refractivity contribution >= 4 is 33.0 Å². The van der Waals surface area contributed by atoms with Gasteiger partial charge in [0.05, 0.1) is 21.6 Å². The third-order valence-electron chi connectivity index (χ3n) is 4.40. The summed E-state index contributed by atoms with van der Waals surface area (Å²) in [6, 6.07) is 18.3. The van der Waals surface area contributed by atoms with Crippen molar-refractivity contribution in [1.82, 2.24) is 9.66 Å². The SMILES string of the molecule is O=c1[nH]c2ccccc2c(=O)n1N=Cc1ccc(OCc2ccccc2F)c(Br)c1. The lowest BCUT2D eigenvalue weighted by Gasteiger charge is -2.09. The zero-order chi connectivity index (χ0) is 21.1. The van der Waals surface area contributed by atoms with E-state index in [9.17, 15) is 14.0 Å². The highest BCUT2D eigenvalue weighted by Crippen LogP contribution is 2.26. The molecule has 30 heavy (non-hydrogen) atoms. The fraction of sp³-hybridized carbons (Fsp3) is 0.0455. The summed E-state index contributed by atoms with van der Waals surface area (Å²) in [5.41, 5.74) is 0.413. The van der Waals surface area contributed by atoms with Crippen LogP contribution >= 0.6 is 15.9 Å². The van der Waals surface area contributed by atoms with Crippen LogP contribution < -0.4 is 16.0 Å². The van der Waals surface area contributed by atoms with E-state index >= 15 is 0 Å². The van der Waals surface area contributed by atoms with E-state index in [1.54, 1.807) is 60.7 Å². The molecule has 1 aromatic heterocycles. The molecule has 0 fully saturated rings. The van der Waals surface area contributed by atoms with Crippen LogP contribution in [0.1, 0.15) is 11.1 Å². The molecule has 0 spiro atoms. The number of aromatic nitrogens is 2. The molecular weight excluding hydrogens is 453 g/mol. The number of rotatable bonds is 5. The van der Waals surface area contributed by atoms with Crippen molar-refractivity contribution in [2.75, 3.05) is 0 Å². The van der Waals surface area contributed by atoms with Gasteiger partial charge in [0.1, 0.15) is 18.2 Å². The van der Waals surface area contributed by atoms with Gasteiger partial charge in [0, 0.05) is 5.56 Å². The molecule has 0 unspecified atom stereocenters. The summed E-state index contributed by atoms with van der Waals surface area (Å²) in [5.74, 6) is 0.194. The first-order valence-electron chi connectivity index (χ1n) is 8.97. The van der Waals surface area contributed by atoms with Crippen molar-refractivity contribution < 1.29 is 9.13 Å². The average Bonchev–Trinajstić information content (AvgIpc) is 2.74. The zero-order valence-electron chi connectivity index (χ0n) is 15.5. The maximum Gasteiger partial charge on any atom is 0.349 e. The molecule has 0 aliphatic rings. The number of H-pyrrole nitrogens is 1. The average molecular weight is 468 g/mol. The van der Waals surface area contributed by atoms with Gasteiger partial charge in [-0.05, 0) is 57.9 Å². The molecule has 6 nitrogen and oxygen atoms in total. The molecule has 1 N–H and O–H groups in total. The van der Waals surface area contributed by atoms with Crippen LogP contribution in [0.5, 0.6) is 5.75 Å². The number of benzene rings is 3. The minimum atomic E-state index is -0.626. The zero-order valence-corrected chi connectivity index (χ0v) is 17.1. The summed E-state index contributed by atoms with van der Waals surface area (Å²) in [6.07, 6.45) is 1.40. The second-order valence-electron chi connectivity index (χ2n) is 6.41. The number of hydrogen-bond acceptors (Lipinski definition) is 4. The van der Waals surface area contributed by atoms with Crippen LogP contribution in [0.15, 0.2) is 85.9 Å². The number of fused-ring (bicyclic) bond motifs is 1. The topological polar surface area (TPSA) is 76.5 Å². The Morgan fingerprint density at radius 2 is 1.83 bits per heavy atom. The first-order valence-corrected chi connectivity index (χ1v) is 9.76. The lowest BCUT2D eigenvalue weighted by atomic mass is 10.2. The molecule has 0 saturated carbocycles. The Bertz CT molecular complexity index is 1380. The Kier molecular flexibility index (Phi) is 5.58. The van der Waals surface area contributed by atoms with E-state index in [2.05, 4.69) is 26.0 Å². The van der Waals surface area contributed by atoms with E-state index in [0.29, 0.717) is 32.3 Å². The molecule has 0 atom stereocenters. The maximum absolute atomic E-state index is 13.7. The first-order chi connectivity index (χ1) is 14.5. The molecule has 0 bridgehead atoms. The van der Waals surface area contributed by atoms with Crippen molar-refractivity contribution in [2.24, 2.45) is 5.10 Å². The number of ether oxygens (including phenoxy) is 1. The highest BCUT2D eigenvalue weighted by molar-refractivity contribution is 9.10. The Balaban J connectivity index is 1.56. The summed E-state index contributed by atoms with van der Waals surface area (Å²) >= 11 is 3.41. The number of hydrogen-bond donors (Lipinski definition) is 1. The lowest BCUT2D eigenvalue weighted by molar-refractivity contribution is 0.298. The number of para-hydroxylation sites is 1.